The quantitative estimate of drug-likeness (QED) is 0.775. The fourth-order valence-electron chi connectivity index (χ4n) is 1.33. The Labute approximate surface area is 91.7 Å². The highest BCUT2D eigenvalue weighted by atomic mass is 19.4. The van der Waals surface area contributed by atoms with Crippen LogP contribution in [-0.4, -0.2) is 55.9 Å². The van der Waals surface area contributed by atoms with Crippen molar-refractivity contribution in [2.45, 2.75) is 19.1 Å². The largest absolute Gasteiger partial charge is 0.408 e. The molecule has 0 aliphatic carbocycles. The third kappa shape index (κ3) is 4.36. The summed E-state index contributed by atoms with van der Waals surface area (Å²) in [5.74, 6) is -0.605. The first-order valence-electron chi connectivity index (χ1n) is 5.06. The number of rotatable bonds is 3. The van der Waals surface area contributed by atoms with Crippen LogP contribution in [0, 0.1) is 0 Å². The van der Waals surface area contributed by atoms with E-state index in [1.807, 2.05) is 5.32 Å². The molecule has 1 unspecified atom stereocenters. The first-order chi connectivity index (χ1) is 7.39. The molecular formula is C9H15F3N2O2. The van der Waals surface area contributed by atoms with Crippen LogP contribution in [0.15, 0.2) is 0 Å². The summed E-state index contributed by atoms with van der Waals surface area (Å²) in [5, 5.41) is 1.92. The van der Waals surface area contributed by atoms with Crippen LogP contribution in [0.3, 0.4) is 0 Å². The van der Waals surface area contributed by atoms with Gasteiger partial charge < -0.3 is 10.1 Å². The smallest absolute Gasteiger partial charge is 0.379 e. The molecule has 1 aliphatic rings. The highest BCUT2D eigenvalue weighted by Gasteiger charge is 2.37. The molecule has 1 fully saturated rings. The van der Waals surface area contributed by atoms with Gasteiger partial charge in [0.2, 0.25) is 5.91 Å². The second kappa shape index (κ2) is 5.49. The van der Waals surface area contributed by atoms with E-state index < -0.39 is 18.1 Å². The molecular weight excluding hydrogens is 225 g/mol. The molecule has 7 heteroatoms. The van der Waals surface area contributed by atoms with E-state index in [1.165, 1.54) is 0 Å². The number of carbonyl (C=O) groups is 1. The Morgan fingerprint density at radius 3 is 2.50 bits per heavy atom. The van der Waals surface area contributed by atoms with Gasteiger partial charge in [0.1, 0.15) is 6.04 Å². The summed E-state index contributed by atoms with van der Waals surface area (Å²) >= 11 is 0. The standard InChI is InChI=1S/C9H15F3N2O2/c1-7(9(10,11)12)13-8(15)6-14-2-4-16-5-3-14/h7H,2-6H2,1H3,(H,13,15). The molecule has 94 valence electrons. The first kappa shape index (κ1) is 13.2. The fourth-order valence-corrected chi connectivity index (χ4v) is 1.33. The average molecular weight is 240 g/mol. The summed E-state index contributed by atoms with van der Waals surface area (Å²) in [5.41, 5.74) is 0. The van der Waals surface area contributed by atoms with Crippen LogP contribution < -0.4 is 5.32 Å². The lowest BCUT2D eigenvalue weighted by Crippen LogP contribution is -2.48. The average Bonchev–Trinajstić information content (AvgIpc) is 2.17. The molecule has 1 saturated heterocycles. The van der Waals surface area contributed by atoms with Crippen LogP contribution >= 0.6 is 0 Å². The molecule has 0 spiro atoms. The lowest BCUT2D eigenvalue weighted by atomic mass is 10.3. The van der Waals surface area contributed by atoms with E-state index in [4.69, 9.17) is 4.74 Å². The van der Waals surface area contributed by atoms with Crippen molar-refractivity contribution in [1.29, 1.82) is 0 Å². The van der Waals surface area contributed by atoms with E-state index in [9.17, 15) is 18.0 Å². The predicted octanol–water partition coefficient (Wildman–Crippen LogP) is 0.386. The summed E-state index contributed by atoms with van der Waals surface area (Å²) < 4.78 is 41.5. The summed E-state index contributed by atoms with van der Waals surface area (Å²) in [6, 6.07) is -1.80. The maximum atomic E-state index is 12.1. The molecule has 16 heavy (non-hydrogen) atoms. The minimum Gasteiger partial charge on any atom is -0.379 e. The van der Waals surface area contributed by atoms with Crippen molar-refractivity contribution >= 4 is 5.91 Å². The van der Waals surface area contributed by atoms with Crippen molar-refractivity contribution in [3.63, 3.8) is 0 Å². The van der Waals surface area contributed by atoms with Crippen LogP contribution in [-0.2, 0) is 9.53 Å². The normalized spacial score (nSPS) is 20.5. The highest BCUT2D eigenvalue weighted by Crippen LogP contribution is 2.19. The van der Waals surface area contributed by atoms with E-state index >= 15 is 0 Å². The van der Waals surface area contributed by atoms with Gasteiger partial charge in [-0.15, -0.1) is 0 Å². The highest BCUT2D eigenvalue weighted by molar-refractivity contribution is 5.78. The Hall–Kier alpha value is -0.820. The summed E-state index contributed by atoms with van der Waals surface area (Å²) in [6.07, 6.45) is -4.39. The Morgan fingerprint density at radius 2 is 2.00 bits per heavy atom. The van der Waals surface area contributed by atoms with Crippen molar-refractivity contribution in [3.05, 3.63) is 0 Å². The Bertz CT molecular complexity index is 239. The number of hydrogen-bond acceptors (Lipinski definition) is 3. The molecule has 1 rings (SSSR count). The number of carbonyl (C=O) groups excluding carboxylic acids is 1. The number of morpholine rings is 1. The molecule has 4 nitrogen and oxygen atoms in total. The Morgan fingerprint density at radius 1 is 1.44 bits per heavy atom. The number of ether oxygens (including phenoxy) is 1. The maximum absolute atomic E-state index is 12.1. The van der Waals surface area contributed by atoms with E-state index in [2.05, 4.69) is 0 Å². The van der Waals surface area contributed by atoms with Crippen LogP contribution in [0.2, 0.25) is 0 Å². The van der Waals surface area contributed by atoms with Crippen LogP contribution in [0.1, 0.15) is 6.92 Å². The molecule has 0 saturated carbocycles. The Balaban J connectivity index is 2.29. The van der Waals surface area contributed by atoms with E-state index in [0.29, 0.717) is 26.3 Å². The molecule has 1 N–H and O–H groups in total. The zero-order chi connectivity index (χ0) is 12.2. The van der Waals surface area contributed by atoms with Gasteiger partial charge in [0, 0.05) is 13.1 Å². The second-order valence-electron chi connectivity index (χ2n) is 3.72. The van der Waals surface area contributed by atoms with Crippen LogP contribution in [0.5, 0.6) is 0 Å². The maximum Gasteiger partial charge on any atom is 0.408 e. The van der Waals surface area contributed by atoms with Gasteiger partial charge in [0.25, 0.3) is 0 Å². The molecule has 1 heterocycles. The van der Waals surface area contributed by atoms with E-state index in [0.717, 1.165) is 6.92 Å². The van der Waals surface area contributed by atoms with Crippen molar-refractivity contribution in [2.75, 3.05) is 32.8 Å². The van der Waals surface area contributed by atoms with Crippen molar-refractivity contribution in [2.24, 2.45) is 0 Å². The van der Waals surface area contributed by atoms with Gasteiger partial charge in [0.05, 0.1) is 19.8 Å². The molecule has 1 aliphatic heterocycles. The van der Waals surface area contributed by atoms with Gasteiger partial charge in [-0.25, -0.2) is 0 Å². The lowest BCUT2D eigenvalue weighted by molar-refractivity contribution is -0.158. The van der Waals surface area contributed by atoms with Crippen molar-refractivity contribution in [3.8, 4) is 0 Å². The fraction of sp³-hybridized carbons (Fsp3) is 0.889. The van der Waals surface area contributed by atoms with E-state index in [-0.39, 0.29) is 6.54 Å². The minimum atomic E-state index is -4.39. The molecule has 1 amide bonds. The predicted molar refractivity (Wildman–Crippen MR) is 50.9 cm³/mol. The number of nitrogens with zero attached hydrogens (tertiary/aromatic N) is 1. The third-order valence-corrected chi connectivity index (χ3v) is 2.34. The minimum absolute atomic E-state index is 0.0101. The first-order valence-corrected chi connectivity index (χ1v) is 5.06. The Kier molecular flexibility index (Phi) is 4.55. The van der Waals surface area contributed by atoms with Gasteiger partial charge in [0.15, 0.2) is 0 Å². The lowest BCUT2D eigenvalue weighted by Gasteiger charge is -2.26. The van der Waals surface area contributed by atoms with Crippen molar-refractivity contribution < 1.29 is 22.7 Å². The molecule has 0 aromatic carbocycles. The van der Waals surface area contributed by atoms with E-state index in [1.54, 1.807) is 4.90 Å². The third-order valence-electron chi connectivity index (χ3n) is 2.34. The summed E-state index contributed by atoms with van der Waals surface area (Å²) in [7, 11) is 0. The number of nitrogens with one attached hydrogen (secondary N) is 1. The number of hydrogen-bond donors (Lipinski definition) is 1. The molecule has 1 atom stereocenters. The monoisotopic (exact) mass is 240 g/mol. The van der Waals surface area contributed by atoms with Gasteiger partial charge in [-0.2, -0.15) is 13.2 Å². The van der Waals surface area contributed by atoms with Crippen LogP contribution in [0.25, 0.3) is 0 Å². The summed E-state index contributed by atoms with van der Waals surface area (Å²) in [6.45, 7) is 3.10. The van der Waals surface area contributed by atoms with Gasteiger partial charge in [-0.1, -0.05) is 0 Å². The topological polar surface area (TPSA) is 41.6 Å². The number of halogens is 3. The molecule has 0 aromatic rings. The SMILES string of the molecule is CC(NC(=O)CN1CCOCC1)C(F)(F)F. The second-order valence-corrected chi connectivity index (χ2v) is 3.72. The number of amides is 1. The van der Waals surface area contributed by atoms with Gasteiger partial charge in [-0.05, 0) is 6.92 Å². The molecule has 0 aromatic heterocycles. The van der Waals surface area contributed by atoms with Crippen LogP contribution in [0.4, 0.5) is 13.2 Å². The number of alkyl halides is 3. The zero-order valence-electron chi connectivity index (χ0n) is 9.01. The summed E-state index contributed by atoms with van der Waals surface area (Å²) in [4.78, 5) is 13.0. The molecule has 0 bridgehead atoms. The molecule has 0 radical (unpaired) electrons. The van der Waals surface area contributed by atoms with Gasteiger partial charge in [-0.3, -0.25) is 9.69 Å². The van der Waals surface area contributed by atoms with Gasteiger partial charge >= 0.3 is 6.18 Å². The van der Waals surface area contributed by atoms with Crippen molar-refractivity contribution in [1.82, 2.24) is 10.2 Å². The zero-order valence-corrected chi connectivity index (χ0v) is 9.01.